The van der Waals surface area contributed by atoms with Gasteiger partial charge in [-0.25, -0.2) is 8.78 Å². The molecule has 0 saturated carbocycles. The molecule has 1 nitrogen and oxygen atoms in total. The van der Waals surface area contributed by atoms with Gasteiger partial charge in [-0.1, -0.05) is 51.5 Å². The van der Waals surface area contributed by atoms with Crippen LogP contribution in [0, 0.1) is 11.6 Å². The number of fused-ring (bicyclic) bond motifs is 1. The van der Waals surface area contributed by atoms with Crippen molar-refractivity contribution < 1.29 is 8.78 Å². The second-order valence-electron chi connectivity index (χ2n) is 5.63. The van der Waals surface area contributed by atoms with E-state index in [1.807, 2.05) is 12.1 Å². The Labute approximate surface area is 125 Å². The van der Waals surface area contributed by atoms with E-state index in [1.54, 1.807) is 0 Å². The molecule has 0 spiro atoms. The van der Waals surface area contributed by atoms with Crippen molar-refractivity contribution in [1.82, 2.24) is 4.98 Å². The van der Waals surface area contributed by atoms with Crippen molar-refractivity contribution in [3.63, 3.8) is 0 Å². The SMILES string of the molecule is CCCCCCCCCc1ccc2cc(F)c(F)cc2n1. The Morgan fingerprint density at radius 3 is 2.29 bits per heavy atom. The Balaban J connectivity index is 1.84. The monoisotopic (exact) mass is 291 g/mol. The van der Waals surface area contributed by atoms with Gasteiger partial charge in [0.1, 0.15) is 0 Å². The fourth-order valence-corrected chi connectivity index (χ4v) is 2.56. The van der Waals surface area contributed by atoms with Gasteiger partial charge < -0.3 is 0 Å². The third-order valence-electron chi connectivity index (χ3n) is 3.83. The number of rotatable bonds is 8. The fraction of sp³-hybridized carbons (Fsp3) is 0.500. The maximum absolute atomic E-state index is 13.2. The molecule has 114 valence electrons. The lowest BCUT2D eigenvalue weighted by Crippen LogP contribution is -1.93. The summed E-state index contributed by atoms with van der Waals surface area (Å²) in [6, 6.07) is 6.12. The Morgan fingerprint density at radius 1 is 0.857 bits per heavy atom. The normalized spacial score (nSPS) is 11.2. The first-order valence-electron chi connectivity index (χ1n) is 7.95. The van der Waals surface area contributed by atoms with Crippen LogP contribution in [0.2, 0.25) is 0 Å². The van der Waals surface area contributed by atoms with Gasteiger partial charge >= 0.3 is 0 Å². The van der Waals surface area contributed by atoms with E-state index in [1.165, 1.54) is 50.7 Å². The van der Waals surface area contributed by atoms with Crippen LogP contribution in [0.1, 0.15) is 57.6 Å². The largest absolute Gasteiger partial charge is 0.253 e. The molecule has 0 saturated heterocycles. The smallest absolute Gasteiger partial charge is 0.161 e. The van der Waals surface area contributed by atoms with Gasteiger partial charge in [0.25, 0.3) is 0 Å². The van der Waals surface area contributed by atoms with E-state index < -0.39 is 11.6 Å². The van der Waals surface area contributed by atoms with Gasteiger partial charge in [-0.2, -0.15) is 0 Å². The number of halogens is 2. The van der Waals surface area contributed by atoms with E-state index in [0.717, 1.165) is 18.5 Å². The first-order valence-corrected chi connectivity index (χ1v) is 7.95. The standard InChI is InChI=1S/C18H23F2N/c1-2-3-4-5-6-7-8-9-15-11-10-14-12-16(19)17(20)13-18(14)21-15/h10-13H,2-9H2,1H3. The van der Waals surface area contributed by atoms with Crippen LogP contribution in [0.3, 0.4) is 0 Å². The van der Waals surface area contributed by atoms with Gasteiger partial charge in [0, 0.05) is 17.1 Å². The lowest BCUT2D eigenvalue weighted by molar-refractivity contribution is 0.510. The van der Waals surface area contributed by atoms with Crippen LogP contribution in [-0.2, 0) is 6.42 Å². The van der Waals surface area contributed by atoms with E-state index in [-0.39, 0.29) is 0 Å². The zero-order valence-corrected chi connectivity index (χ0v) is 12.7. The highest BCUT2D eigenvalue weighted by molar-refractivity contribution is 5.78. The van der Waals surface area contributed by atoms with Crippen LogP contribution >= 0.6 is 0 Å². The minimum atomic E-state index is -0.830. The third kappa shape index (κ3) is 4.76. The fourth-order valence-electron chi connectivity index (χ4n) is 2.56. The zero-order chi connectivity index (χ0) is 15.1. The highest BCUT2D eigenvalue weighted by Crippen LogP contribution is 2.18. The first-order chi connectivity index (χ1) is 10.2. The molecule has 0 radical (unpaired) electrons. The van der Waals surface area contributed by atoms with Crippen LogP contribution in [-0.4, -0.2) is 4.98 Å². The Hall–Kier alpha value is -1.51. The molecule has 0 atom stereocenters. The number of benzene rings is 1. The molecular formula is C18H23F2N. The van der Waals surface area contributed by atoms with Gasteiger partial charge in [0.15, 0.2) is 11.6 Å². The Bertz CT molecular complexity index is 581. The quantitative estimate of drug-likeness (QED) is 0.559. The average Bonchev–Trinajstić information content (AvgIpc) is 2.48. The number of unbranched alkanes of at least 4 members (excludes halogenated alkanes) is 6. The van der Waals surface area contributed by atoms with E-state index >= 15 is 0 Å². The molecule has 0 aliphatic rings. The molecule has 1 aromatic carbocycles. The van der Waals surface area contributed by atoms with Crippen molar-refractivity contribution >= 4 is 10.9 Å². The van der Waals surface area contributed by atoms with Gasteiger partial charge in [0.05, 0.1) is 5.52 Å². The van der Waals surface area contributed by atoms with Gasteiger partial charge in [-0.3, -0.25) is 4.98 Å². The lowest BCUT2D eigenvalue weighted by Gasteiger charge is -2.04. The molecule has 2 rings (SSSR count). The second-order valence-corrected chi connectivity index (χ2v) is 5.63. The predicted molar refractivity (Wildman–Crippen MR) is 83.4 cm³/mol. The second kappa shape index (κ2) is 8.06. The van der Waals surface area contributed by atoms with E-state index in [0.29, 0.717) is 10.9 Å². The number of hydrogen-bond donors (Lipinski definition) is 0. The highest BCUT2D eigenvalue weighted by Gasteiger charge is 2.05. The summed E-state index contributed by atoms with van der Waals surface area (Å²) in [5, 5.41) is 0.650. The van der Waals surface area contributed by atoms with Gasteiger partial charge in [0.2, 0.25) is 0 Å². The van der Waals surface area contributed by atoms with E-state index in [2.05, 4.69) is 11.9 Å². The lowest BCUT2D eigenvalue weighted by atomic mass is 10.1. The molecule has 0 amide bonds. The molecule has 3 heteroatoms. The summed E-state index contributed by atoms with van der Waals surface area (Å²) in [5.74, 6) is -1.65. The molecule has 0 unspecified atom stereocenters. The van der Waals surface area contributed by atoms with Crippen LogP contribution in [0.25, 0.3) is 10.9 Å². The molecule has 0 aliphatic carbocycles. The maximum Gasteiger partial charge on any atom is 0.161 e. The number of hydrogen-bond acceptors (Lipinski definition) is 1. The van der Waals surface area contributed by atoms with Crippen LogP contribution < -0.4 is 0 Å². The topological polar surface area (TPSA) is 12.9 Å². The van der Waals surface area contributed by atoms with Crippen molar-refractivity contribution in [2.45, 2.75) is 58.3 Å². The first kappa shape index (κ1) is 15.9. The zero-order valence-electron chi connectivity index (χ0n) is 12.7. The molecule has 0 aliphatic heterocycles. The van der Waals surface area contributed by atoms with Crippen LogP contribution in [0.4, 0.5) is 8.78 Å². The predicted octanol–water partition coefficient (Wildman–Crippen LogP) is 5.81. The summed E-state index contributed by atoms with van der Waals surface area (Å²) in [4.78, 5) is 4.42. The summed E-state index contributed by atoms with van der Waals surface area (Å²) in [5.41, 5.74) is 1.50. The molecule has 2 aromatic rings. The van der Waals surface area contributed by atoms with Gasteiger partial charge in [-0.15, -0.1) is 0 Å². The molecule has 1 heterocycles. The highest BCUT2D eigenvalue weighted by atomic mass is 19.2. The molecule has 0 N–H and O–H groups in total. The minimum Gasteiger partial charge on any atom is -0.253 e. The molecule has 0 bridgehead atoms. The number of nitrogens with zero attached hydrogens (tertiary/aromatic N) is 1. The Kier molecular flexibility index (Phi) is 6.09. The van der Waals surface area contributed by atoms with Crippen molar-refractivity contribution in [3.8, 4) is 0 Å². The molecule has 0 fully saturated rings. The summed E-state index contributed by atoms with van der Waals surface area (Å²) in [6.07, 6.45) is 9.73. The molecule has 21 heavy (non-hydrogen) atoms. The number of aryl methyl sites for hydroxylation is 1. The molecular weight excluding hydrogens is 268 g/mol. The van der Waals surface area contributed by atoms with Crippen molar-refractivity contribution in [2.75, 3.05) is 0 Å². The summed E-state index contributed by atoms with van der Waals surface area (Å²) < 4.78 is 26.3. The van der Waals surface area contributed by atoms with E-state index in [9.17, 15) is 8.78 Å². The van der Waals surface area contributed by atoms with E-state index in [4.69, 9.17) is 0 Å². The average molecular weight is 291 g/mol. The minimum absolute atomic E-state index is 0.536. The van der Waals surface area contributed by atoms with Crippen LogP contribution in [0.5, 0.6) is 0 Å². The van der Waals surface area contributed by atoms with Gasteiger partial charge in [-0.05, 0) is 25.0 Å². The summed E-state index contributed by atoms with van der Waals surface area (Å²) >= 11 is 0. The van der Waals surface area contributed by atoms with Crippen molar-refractivity contribution in [2.24, 2.45) is 0 Å². The maximum atomic E-state index is 13.2. The molecule has 1 aromatic heterocycles. The summed E-state index contributed by atoms with van der Waals surface area (Å²) in [6.45, 7) is 2.22. The number of pyridine rings is 1. The Morgan fingerprint density at radius 2 is 1.52 bits per heavy atom. The number of aromatic nitrogens is 1. The summed E-state index contributed by atoms with van der Waals surface area (Å²) in [7, 11) is 0. The third-order valence-corrected chi connectivity index (χ3v) is 3.83. The van der Waals surface area contributed by atoms with Crippen molar-refractivity contribution in [3.05, 3.63) is 41.6 Å². The van der Waals surface area contributed by atoms with Crippen molar-refractivity contribution in [1.29, 1.82) is 0 Å². The van der Waals surface area contributed by atoms with Crippen LogP contribution in [0.15, 0.2) is 24.3 Å².